The van der Waals surface area contributed by atoms with Gasteiger partial charge >= 0.3 is 0 Å². The first-order chi connectivity index (χ1) is 16.2. The number of amides is 1. The van der Waals surface area contributed by atoms with Crippen LogP contribution in [0.15, 0.2) is 73.2 Å². The molecule has 1 saturated heterocycles. The Morgan fingerprint density at radius 3 is 2.64 bits per heavy atom. The minimum atomic E-state index is -0.575. The Kier molecular flexibility index (Phi) is 5.95. The second-order valence-electron chi connectivity index (χ2n) is 8.02. The van der Waals surface area contributed by atoms with Gasteiger partial charge in [0.15, 0.2) is 11.6 Å². The number of fused-ring (bicyclic) bond motifs is 1. The molecule has 0 aliphatic carbocycles. The molecule has 0 radical (unpaired) electrons. The van der Waals surface area contributed by atoms with Crippen LogP contribution < -0.4 is 15.4 Å². The van der Waals surface area contributed by atoms with Crippen LogP contribution in [0.5, 0.6) is 5.75 Å². The van der Waals surface area contributed by atoms with Gasteiger partial charge in [0, 0.05) is 34.3 Å². The van der Waals surface area contributed by atoms with Gasteiger partial charge in [0.25, 0.3) is 5.91 Å². The van der Waals surface area contributed by atoms with Crippen molar-refractivity contribution in [3.05, 3.63) is 84.6 Å². The topological polar surface area (TPSA) is 76.1 Å². The van der Waals surface area contributed by atoms with E-state index in [0.29, 0.717) is 22.1 Å². The first-order valence-corrected chi connectivity index (χ1v) is 10.9. The number of benzene rings is 2. The summed E-state index contributed by atoms with van der Waals surface area (Å²) >= 11 is 0. The fraction of sp³-hybridized carbons (Fsp3) is 0.192. The maximum absolute atomic E-state index is 15.3. The molecule has 0 saturated carbocycles. The summed E-state index contributed by atoms with van der Waals surface area (Å²) in [4.78, 5) is 20.9. The van der Waals surface area contributed by atoms with Crippen molar-refractivity contribution in [2.24, 2.45) is 0 Å². The molecule has 1 aliphatic heterocycles. The van der Waals surface area contributed by atoms with Crippen LogP contribution in [-0.4, -0.2) is 35.1 Å². The Hall–Kier alpha value is -3.84. The normalized spacial score (nSPS) is 14.2. The summed E-state index contributed by atoms with van der Waals surface area (Å²) in [5, 5.41) is 6.91. The van der Waals surface area contributed by atoms with Gasteiger partial charge < -0.3 is 15.4 Å². The van der Waals surface area contributed by atoms with Gasteiger partial charge in [-0.2, -0.15) is 0 Å². The smallest absolute Gasteiger partial charge is 0.256 e. The second-order valence-corrected chi connectivity index (χ2v) is 8.02. The largest absolute Gasteiger partial charge is 0.489 e. The van der Waals surface area contributed by atoms with E-state index in [2.05, 4.69) is 20.6 Å². The van der Waals surface area contributed by atoms with E-state index in [-0.39, 0.29) is 11.9 Å². The molecule has 2 aromatic heterocycles. The minimum absolute atomic E-state index is 0.102. The zero-order valence-corrected chi connectivity index (χ0v) is 17.9. The lowest BCUT2D eigenvalue weighted by atomic mass is 10.0. The van der Waals surface area contributed by atoms with Crippen LogP contribution >= 0.6 is 0 Å². The third-order valence-corrected chi connectivity index (χ3v) is 5.73. The number of piperidine rings is 1. The molecule has 0 spiro atoms. The Morgan fingerprint density at radius 2 is 1.82 bits per heavy atom. The van der Waals surface area contributed by atoms with E-state index in [1.165, 1.54) is 0 Å². The van der Waals surface area contributed by atoms with E-state index >= 15 is 4.39 Å². The fourth-order valence-corrected chi connectivity index (χ4v) is 3.96. The van der Waals surface area contributed by atoms with Crippen molar-refractivity contribution in [2.75, 3.05) is 18.4 Å². The Bertz CT molecular complexity index is 1290. The predicted molar refractivity (Wildman–Crippen MR) is 126 cm³/mol. The molecule has 3 heterocycles. The lowest BCUT2D eigenvalue weighted by Gasteiger charge is -2.23. The van der Waals surface area contributed by atoms with Gasteiger partial charge in [-0.25, -0.2) is 9.37 Å². The van der Waals surface area contributed by atoms with E-state index in [1.54, 1.807) is 48.9 Å². The average Bonchev–Trinajstić information content (AvgIpc) is 2.87. The summed E-state index contributed by atoms with van der Waals surface area (Å²) in [5.41, 5.74) is 2.06. The highest BCUT2D eigenvalue weighted by molar-refractivity contribution is 6.04. The summed E-state index contributed by atoms with van der Waals surface area (Å²) in [6.07, 6.45) is 7.06. The van der Waals surface area contributed by atoms with Gasteiger partial charge in [0.1, 0.15) is 11.9 Å². The summed E-state index contributed by atoms with van der Waals surface area (Å²) in [6.45, 7) is 1.89. The molecule has 166 valence electrons. The molecule has 0 bridgehead atoms. The average molecular weight is 442 g/mol. The van der Waals surface area contributed by atoms with Gasteiger partial charge in [0.05, 0.1) is 6.20 Å². The van der Waals surface area contributed by atoms with Gasteiger partial charge in [-0.1, -0.05) is 30.3 Å². The molecule has 6 nitrogen and oxygen atoms in total. The molecule has 33 heavy (non-hydrogen) atoms. The molecule has 5 rings (SSSR count). The number of aromatic nitrogens is 2. The highest BCUT2D eigenvalue weighted by atomic mass is 19.1. The lowest BCUT2D eigenvalue weighted by Crippen LogP contribution is -2.34. The number of carbonyl (C=O) groups excluding carboxylic acids is 1. The van der Waals surface area contributed by atoms with Crippen LogP contribution in [0.3, 0.4) is 0 Å². The first kappa shape index (κ1) is 21.0. The maximum atomic E-state index is 15.3. The fourth-order valence-electron chi connectivity index (χ4n) is 3.96. The van der Waals surface area contributed by atoms with Crippen molar-refractivity contribution in [3.8, 4) is 16.9 Å². The van der Waals surface area contributed by atoms with Crippen molar-refractivity contribution in [3.63, 3.8) is 0 Å². The summed E-state index contributed by atoms with van der Waals surface area (Å²) in [7, 11) is 0. The van der Waals surface area contributed by atoms with E-state index in [9.17, 15) is 4.79 Å². The molecular formula is C26H23FN4O2. The predicted octanol–water partition coefficient (Wildman–Crippen LogP) is 4.82. The van der Waals surface area contributed by atoms with Crippen LogP contribution in [0.1, 0.15) is 23.2 Å². The maximum Gasteiger partial charge on any atom is 0.256 e. The highest BCUT2D eigenvalue weighted by Gasteiger charge is 2.16. The Balaban J connectivity index is 1.42. The molecule has 2 N–H and O–H groups in total. The zero-order chi connectivity index (χ0) is 22.6. The number of carbonyl (C=O) groups is 1. The molecule has 1 amide bonds. The van der Waals surface area contributed by atoms with Gasteiger partial charge in [0.2, 0.25) is 0 Å². The van der Waals surface area contributed by atoms with Gasteiger partial charge in [-0.15, -0.1) is 0 Å². The molecular weight excluding hydrogens is 419 g/mol. The molecule has 1 aliphatic rings. The van der Waals surface area contributed by atoms with Crippen LogP contribution in [0.25, 0.3) is 21.9 Å². The monoisotopic (exact) mass is 442 g/mol. The van der Waals surface area contributed by atoms with Crippen molar-refractivity contribution in [1.29, 1.82) is 0 Å². The number of ether oxygens (including phenoxy) is 1. The number of halogens is 1. The Labute approximate surface area is 190 Å². The Morgan fingerprint density at radius 1 is 1.00 bits per heavy atom. The van der Waals surface area contributed by atoms with E-state index < -0.39 is 11.7 Å². The summed E-state index contributed by atoms with van der Waals surface area (Å²) in [5.74, 6) is -0.390. The molecule has 2 aromatic carbocycles. The molecule has 0 atom stereocenters. The van der Waals surface area contributed by atoms with Crippen LogP contribution in [0.2, 0.25) is 0 Å². The lowest BCUT2D eigenvalue weighted by molar-refractivity contribution is 0.102. The van der Waals surface area contributed by atoms with Crippen molar-refractivity contribution in [2.45, 2.75) is 18.9 Å². The minimum Gasteiger partial charge on any atom is -0.489 e. The van der Waals surface area contributed by atoms with Crippen molar-refractivity contribution in [1.82, 2.24) is 15.3 Å². The quantitative estimate of drug-likeness (QED) is 0.464. The van der Waals surface area contributed by atoms with Crippen molar-refractivity contribution >= 4 is 22.5 Å². The third-order valence-electron chi connectivity index (χ3n) is 5.73. The molecule has 7 heteroatoms. The number of hydrogen-bond acceptors (Lipinski definition) is 5. The number of pyridine rings is 2. The number of nitrogens with zero attached hydrogens (tertiary/aromatic N) is 2. The molecule has 1 fully saturated rings. The summed E-state index contributed by atoms with van der Waals surface area (Å²) < 4.78 is 21.4. The second kappa shape index (κ2) is 9.34. The standard InChI is InChI=1S/C26H23FN4O2/c27-24-23-13-18(20-12-22(16-29-14-20)33-21-8-10-28-11-9-21)6-7-19(23)15-30-25(24)31-26(32)17-4-2-1-3-5-17/h1-7,12-16,21,28H,8-11H2,(H,30,31,32). The SMILES string of the molecule is O=C(Nc1ncc2ccc(-c3cncc(OC4CCNCC4)c3)cc2c1F)c1ccccc1. The highest BCUT2D eigenvalue weighted by Crippen LogP contribution is 2.30. The number of anilines is 1. The molecule has 4 aromatic rings. The van der Waals surface area contributed by atoms with Crippen molar-refractivity contribution < 1.29 is 13.9 Å². The van der Waals surface area contributed by atoms with Gasteiger partial charge in [-0.05, 0) is 55.8 Å². The van der Waals surface area contributed by atoms with E-state index in [1.807, 2.05) is 24.3 Å². The first-order valence-electron chi connectivity index (χ1n) is 10.9. The summed E-state index contributed by atoms with van der Waals surface area (Å²) in [6, 6.07) is 16.0. The zero-order valence-electron chi connectivity index (χ0n) is 17.9. The third kappa shape index (κ3) is 4.68. The molecule has 0 unspecified atom stereocenters. The van der Waals surface area contributed by atoms with Crippen LogP contribution in [-0.2, 0) is 0 Å². The van der Waals surface area contributed by atoms with Gasteiger partial charge in [-0.3, -0.25) is 9.78 Å². The van der Waals surface area contributed by atoms with E-state index in [0.717, 1.165) is 37.1 Å². The van der Waals surface area contributed by atoms with Crippen LogP contribution in [0.4, 0.5) is 10.2 Å². The van der Waals surface area contributed by atoms with E-state index in [4.69, 9.17) is 4.74 Å². The number of rotatable bonds is 5. The number of hydrogen-bond donors (Lipinski definition) is 2. The number of nitrogens with one attached hydrogen (secondary N) is 2. The van der Waals surface area contributed by atoms with Crippen LogP contribution in [0, 0.1) is 5.82 Å².